The van der Waals surface area contributed by atoms with Gasteiger partial charge in [-0.2, -0.15) is 5.10 Å². The molecule has 104 valence electrons. The van der Waals surface area contributed by atoms with E-state index in [-0.39, 0.29) is 5.91 Å². The summed E-state index contributed by atoms with van der Waals surface area (Å²) in [5, 5.41) is 4.67. The van der Waals surface area contributed by atoms with Crippen LogP contribution in [0.5, 0.6) is 0 Å². The first-order valence-corrected chi connectivity index (χ1v) is 6.53. The van der Waals surface area contributed by atoms with E-state index in [0.717, 1.165) is 5.56 Å². The van der Waals surface area contributed by atoms with Crippen LogP contribution in [0.2, 0.25) is 5.02 Å². The van der Waals surface area contributed by atoms with Crippen LogP contribution >= 0.6 is 11.6 Å². The third-order valence-corrected chi connectivity index (χ3v) is 3.20. The molecule has 0 aliphatic heterocycles. The van der Waals surface area contributed by atoms with Crippen LogP contribution in [-0.2, 0) is 0 Å². The molecule has 0 aliphatic rings. The summed E-state index contributed by atoms with van der Waals surface area (Å²) in [6, 6.07) is 9.02. The summed E-state index contributed by atoms with van der Waals surface area (Å²) in [5.74, 6) is 0.968. The van der Waals surface area contributed by atoms with Crippen molar-refractivity contribution in [3.05, 3.63) is 58.0 Å². The second-order valence-corrected chi connectivity index (χ2v) is 4.85. The van der Waals surface area contributed by atoms with Gasteiger partial charge in [0.2, 0.25) is 0 Å². The van der Waals surface area contributed by atoms with Gasteiger partial charge in [0.25, 0.3) is 5.91 Å². The molecule has 1 N–H and O–H groups in total. The molecule has 0 saturated carbocycles. The highest BCUT2D eigenvalue weighted by Gasteiger charge is 2.13. The molecule has 1 amide bonds. The quantitative estimate of drug-likeness (QED) is 0.692. The fourth-order valence-corrected chi connectivity index (χ4v) is 2.14. The van der Waals surface area contributed by atoms with Crippen molar-refractivity contribution in [1.29, 1.82) is 0 Å². The highest BCUT2D eigenvalue weighted by Crippen LogP contribution is 2.16. The van der Waals surface area contributed by atoms with Crippen molar-refractivity contribution in [2.75, 3.05) is 0 Å². The molecule has 0 bridgehead atoms. The number of amides is 1. The highest BCUT2D eigenvalue weighted by molar-refractivity contribution is 6.34. The first kappa shape index (κ1) is 14.3. The Kier molecular flexibility index (Phi) is 4.25. The topological polar surface area (TPSA) is 54.6 Å². The third kappa shape index (κ3) is 3.08. The van der Waals surface area contributed by atoms with E-state index in [2.05, 4.69) is 10.5 Å². The zero-order valence-electron chi connectivity index (χ0n) is 11.5. The number of rotatable bonds is 3. The number of hydrazone groups is 1. The van der Waals surface area contributed by atoms with E-state index in [4.69, 9.17) is 16.0 Å². The largest absolute Gasteiger partial charge is 0.466 e. The highest BCUT2D eigenvalue weighted by atomic mass is 35.5. The molecule has 4 nitrogen and oxygen atoms in total. The summed E-state index contributed by atoms with van der Waals surface area (Å²) in [4.78, 5) is 12.0. The molecule has 0 atom stereocenters. The number of furan rings is 1. The maximum absolute atomic E-state index is 12.0. The Bertz CT molecular complexity index is 674. The van der Waals surface area contributed by atoms with Gasteiger partial charge in [-0.05, 0) is 32.9 Å². The number of benzene rings is 1. The summed E-state index contributed by atoms with van der Waals surface area (Å²) >= 11 is 6.07. The third-order valence-electron chi connectivity index (χ3n) is 2.87. The van der Waals surface area contributed by atoms with Gasteiger partial charge in [0.05, 0.1) is 11.3 Å². The zero-order valence-corrected chi connectivity index (χ0v) is 12.3. The minimum atomic E-state index is -0.300. The van der Waals surface area contributed by atoms with Gasteiger partial charge in [-0.15, -0.1) is 0 Å². The van der Waals surface area contributed by atoms with Crippen LogP contribution in [0.4, 0.5) is 0 Å². The first-order chi connectivity index (χ1) is 9.49. The molecule has 0 aliphatic carbocycles. The molecule has 5 heteroatoms. The Balaban J connectivity index is 2.15. The molecule has 0 fully saturated rings. The predicted molar refractivity (Wildman–Crippen MR) is 79.3 cm³/mol. The minimum Gasteiger partial charge on any atom is -0.466 e. The van der Waals surface area contributed by atoms with Crippen molar-refractivity contribution < 1.29 is 9.21 Å². The monoisotopic (exact) mass is 290 g/mol. The lowest BCUT2D eigenvalue weighted by Gasteiger charge is -2.04. The van der Waals surface area contributed by atoms with E-state index in [1.54, 1.807) is 32.9 Å². The second-order valence-electron chi connectivity index (χ2n) is 4.44. The Morgan fingerprint density at radius 3 is 2.55 bits per heavy atom. The van der Waals surface area contributed by atoms with Crippen molar-refractivity contribution in [3.8, 4) is 0 Å². The van der Waals surface area contributed by atoms with Crippen LogP contribution in [0.3, 0.4) is 0 Å². The lowest BCUT2D eigenvalue weighted by Crippen LogP contribution is -2.19. The molecular formula is C15H15ClN2O2. The molecule has 2 rings (SSSR count). The van der Waals surface area contributed by atoms with Gasteiger partial charge in [0.15, 0.2) is 0 Å². The average molecular weight is 291 g/mol. The Labute approximate surface area is 122 Å². The Morgan fingerprint density at radius 2 is 1.95 bits per heavy atom. The smallest absolute Gasteiger partial charge is 0.274 e. The van der Waals surface area contributed by atoms with E-state index in [1.165, 1.54) is 0 Å². The van der Waals surface area contributed by atoms with E-state index < -0.39 is 0 Å². The fraction of sp³-hybridized carbons (Fsp3) is 0.200. The molecule has 0 radical (unpaired) electrons. The molecule has 0 unspecified atom stereocenters. The van der Waals surface area contributed by atoms with Gasteiger partial charge < -0.3 is 4.42 Å². The molecule has 20 heavy (non-hydrogen) atoms. The summed E-state index contributed by atoms with van der Waals surface area (Å²) in [6.07, 6.45) is 0. The van der Waals surface area contributed by atoms with Gasteiger partial charge in [-0.3, -0.25) is 4.79 Å². The van der Waals surface area contributed by atoms with Gasteiger partial charge in [0, 0.05) is 10.6 Å². The van der Waals surface area contributed by atoms with Gasteiger partial charge in [-0.25, -0.2) is 5.43 Å². The van der Waals surface area contributed by atoms with E-state index in [1.807, 2.05) is 18.2 Å². The van der Waals surface area contributed by atoms with E-state index in [9.17, 15) is 4.79 Å². The average Bonchev–Trinajstić information content (AvgIpc) is 2.75. The van der Waals surface area contributed by atoms with Crippen LogP contribution in [0.25, 0.3) is 0 Å². The minimum absolute atomic E-state index is 0.300. The summed E-state index contributed by atoms with van der Waals surface area (Å²) < 4.78 is 5.32. The molecule has 0 spiro atoms. The number of carbonyl (C=O) groups is 1. The maximum atomic E-state index is 12.0. The maximum Gasteiger partial charge on any atom is 0.274 e. The number of halogens is 1. The van der Waals surface area contributed by atoms with Gasteiger partial charge in [0.1, 0.15) is 11.5 Å². The number of hydrogen-bond acceptors (Lipinski definition) is 3. The second kappa shape index (κ2) is 5.92. The standard InChI is InChI=1S/C15H15ClN2O2/c1-9-8-13(11(3)20-9)15(19)18-17-10(2)12-6-4-5-7-14(12)16/h4-8H,1-3H3,(H,18,19)/b17-10-. The lowest BCUT2D eigenvalue weighted by atomic mass is 10.1. The summed E-state index contributed by atoms with van der Waals surface area (Å²) in [5.41, 5.74) is 4.42. The van der Waals surface area contributed by atoms with Crippen molar-refractivity contribution in [2.45, 2.75) is 20.8 Å². The van der Waals surface area contributed by atoms with Crippen molar-refractivity contribution in [1.82, 2.24) is 5.43 Å². The molecule has 1 aromatic carbocycles. The number of nitrogens with zero attached hydrogens (tertiary/aromatic N) is 1. The van der Waals surface area contributed by atoms with Crippen LogP contribution in [0.1, 0.15) is 34.4 Å². The van der Waals surface area contributed by atoms with E-state index >= 15 is 0 Å². The van der Waals surface area contributed by atoms with Crippen LogP contribution in [0, 0.1) is 13.8 Å². The van der Waals surface area contributed by atoms with Crippen molar-refractivity contribution in [3.63, 3.8) is 0 Å². The van der Waals surface area contributed by atoms with Crippen LogP contribution < -0.4 is 5.43 Å². The Hall–Kier alpha value is -2.07. The number of carbonyl (C=O) groups excluding carboxylic acids is 1. The summed E-state index contributed by atoms with van der Waals surface area (Å²) in [7, 11) is 0. The molecule has 1 aromatic heterocycles. The van der Waals surface area contributed by atoms with Crippen molar-refractivity contribution >= 4 is 23.2 Å². The zero-order chi connectivity index (χ0) is 14.7. The number of nitrogens with one attached hydrogen (secondary N) is 1. The SMILES string of the molecule is C/C(=N/NC(=O)c1cc(C)oc1C)c1ccccc1Cl. The predicted octanol–water partition coefficient (Wildman–Crippen LogP) is 3.70. The Morgan fingerprint density at radius 1 is 1.25 bits per heavy atom. The van der Waals surface area contributed by atoms with Crippen LogP contribution in [-0.4, -0.2) is 11.6 Å². The number of hydrogen-bond donors (Lipinski definition) is 1. The molecular weight excluding hydrogens is 276 g/mol. The molecule has 2 aromatic rings. The van der Waals surface area contributed by atoms with Gasteiger partial charge in [-0.1, -0.05) is 29.8 Å². The van der Waals surface area contributed by atoms with Gasteiger partial charge >= 0.3 is 0 Å². The lowest BCUT2D eigenvalue weighted by molar-refractivity contribution is 0.0953. The van der Waals surface area contributed by atoms with Crippen LogP contribution in [0.15, 0.2) is 39.9 Å². The fourth-order valence-electron chi connectivity index (χ4n) is 1.87. The molecule has 1 heterocycles. The molecule has 0 saturated heterocycles. The first-order valence-electron chi connectivity index (χ1n) is 6.15. The normalized spacial score (nSPS) is 11.5. The van der Waals surface area contributed by atoms with Crippen molar-refractivity contribution in [2.24, 2.45) is 5.10 Å². The summed E-state index contributed by atoms with van der Waals surface area (Å²) in [6.45, 7) is 5.32. The van der Waals surface area contributed by atoms with E-state index in [0.29, 0.717) is 27.8 Å². The number of aryl methyl sites for hydroxylation is 2.